The lowest BCUT2D eigenvalue weighted by atomic mass is 10.2. The summed E-state index contributed by atoms with van der Waals surface area (Å²) in [5.74, 6) is -0.411. The predicted molar refractivity (Wildman–Crippen MR) is 52.1 cm³/mol. The Morgan fingerprint density at radius 1 is 1.47 bits per heavy atom. The van der Waals surface area contributed by atoms with Crippen molar-refractivity contribution in [1.82, 2.24) is 10.4 Å². The van der Waals surface area contributed by atoms with Gasteiger partial charge in [0.05, 0.1) is 0 Å². The van der Waals surface area contributed by atoms with Gasteiger partial charge in [0.1, 0.15) is 11.6 Å². The first-order valence-corrected chi connectivity index (χ1v) is 4.79. The minimum atomic E-state index is -1.08. The van der Waals surface area contributed by atoms with Gasteiger partial charge in [-0.1, -0.05) is 0 Å². The minimum Gasteiger partial charge on any atom is -0.464 e. The molecule has 0 bridgehead atoms. The van der Waals surface area contributed by atoms with Crippen LogP contribution >= 0.6 is 0 Å². The smallest absolute Gasteiger partial charge is 0.421 e. The Morgan fingerprint density at radius 2 is 2.07 bits per heavy atom. The molecule has 1 amide bonds. The Balaban J connectivity index is 2.47. The summed E-state index contributed by atoms with van der Waals surface area (Å²) >= 11 is 0. The molecule has 1 rings (SSSR count). The van der Waals surface area contributed by atoms with Gasteiger partial charge in [0.15, 0.2) is 0 Å². The molecule has 1 fully saturated rings. The molecule has 0 aromatic rings. The van der Waals surface area contributed by atoms with E-state index in [0.29, 0.717) is 13.0 Å². The van der Waals surface area contributed by atoms with Gasteiger partial charge >= 0.3 is 12.1 Å². The summed E-state index contributed by atoms with van der Waals surface area (Å²) in [6.07, 6.45) is -0.637. The molecule has 1 aliphatic rings. The fourth-order valence-electron chi connectivity index (χ4n) is 1.27. The third-order valence-corrected chi connectivity index (χ3v) is 1.88. The molecular weight excluding hydrogens is 200 g/mol. The zero-order valence-electron chi connectivity index (χ0n) is 9.11. The molecule has 0 radical (unpaired) electrons. The van der Waals surface area contributed by atoms with Crippen LogP contribution in [0.2, 0.25) is 0 Å². The number of hydrazine groups is 1. The van der Waals surface area contributed by atoms with Gasteiger partial charge in [0.25, 0.3) is 0 Å². The first-order chi connectivity index (χ1) is 6.79. The Kier molecular flexibility index (Phi) is 3.18. The van der Waals surface area contributed by atoms with Crippen LogP contribution < -0.4 is 5.43 Å². The largest absolute Gasteiger partial charge is 0.464 e. The molecule has 86 valence electrons. The van der Waals surface area contributed by atoms with Crippen LogP contribution in [0.5, 0.6) is 0 Å². The lowest BCUT2D eigenvalue weighted by Gasteiger charge is -2.22. The van der Waals surface area contributed by atoms with Crippen LogP contribution in [0.15, 0.2) is 0 Å². The zero-order chi connectivity index (χ0) is 11.6. The van der Waals surface area contributed by atoms with Crippen LogP contribution in [0.1, 0.15) is 27.2 Å². The molecule has 1 aliphatic heterocycles. The van der Waals surface area contributed by atoms with Crippen LogP contribution in [0, 0.1) is 0 Å². The standard InChI is InChI=1S/C9H16N2O4/c1-9(2,3)15-7(12)6-4-5-11(10-6)8(13)14/h6,10H,4-5H2,1-3H3,(H,13,14). The van der Waals surface area contributed by atoms with Gasteiger partial charge in [0.2, 0.25) is 0 Å². The fourth-order valence-corrected chi connectivity index (χ4v) is 1.27. The molecule has 0 aliphatic carbocycles. The number of nitrogens with zero attached hydrogens (tertiary/aromatic N) is 1. The third-order valence-electron chi connectivity index (χ3n) is 1.88. The van der Waals surface area contributed by atoms with E-state index in [1.807, 2.05) is 0 Å². The van der Waals surface area contributed by atoms with Crippen LogP contribution in [0.4, 0.5) is 4.79 Å². The molecule has 0 aromatic heterocycles. The molecule has 1 saturated heterocycles. The molecule has 0 spiro atoms. The van der Waals surface area contributed by atoms with Gasteiger partial charge in [-0.15, -0.1) is 0 Å². The fraction of sp³-hybridized carbons (Fsp3) is 0.778. The lowest BCUT2D eigenvalue weighted by molar-refractivity contribution is -0.157. The highest BCUT2D eigenvalue weighted by Crippen LogP contribution is 2.13. The predicted octanol–water partition coefficient (Wildman–Crippen LogP) is 0.585. The number of hydrogen-bond acceptors (Lipinski definition) is 4. The maximum atomic E-state index is 11.5. The van der Waals surface area contributed by atoms with Gasteiger partial charge < -0.3 is 9.84 Å². The van der Waals surface area contributed by atoms with Crippen molar-refractivity contribution >= 4 is 12.1 Å². The van der Waals surface area contributed by atoms with Crippen molar-refractivity contribution < 1.29 is 19.4 Å². The summed E-state index contributed by atoms with van der Waals surface area (Å²) in [6.45, 7) is 5.62. The topological polar surface area (TPSA) is 78.9 Å². The number of carboxylic acid groups (broad SMARTS) is 1. The summed E-state index contributed by atoms with van der Waals surface area (Å²) in [4.78, 5) is 22.1. The number of amides is 1. The average molecular weight is 216 g/mol. The second-order valence-corrected chi connectivity index (χ2v) is 4.44. The molecule has 6 nitrogen and oxygen atoms in total. The van der Waals surface area contributed by atoms with E-state index < -0.39 is 23.7 Å². The Bertz CT molecular complexity index is 272. The van der Waals surface area contributed by atoms with Gasteiger partial charge in [-0.2, -0.15) is 0 Å². The highest BCUT2D eigenvalue weighted by atomic mass is 16.6. The van der Waals surface area contributed by atoms with E-state index in [4.69, 9.17) is 9.84 Å². The lowest BCUT2D eigenvalue weighted by Crippen LogP contribution is -2.44. The summed E-state index contributed by atoms with van der Waals surface area (Å²) in [5.41, 5.74) is 2.03. The SMILES string of the molecule is CC(C)(C)OC(=O)C1CCN(C(=O)O)N1. The Labute approximate surface area is 88.2 Å². The molecule has 2 N–H and O–H groups in total. The van der Waals surface area contributed by atoms with E-state index in [9.17, 15) is 9.59 Å². The van der Waals surface area contributed by atoms with Gasteiger partial charge in [-0.05, 0) is 27.2 Å². The number of rotatable bonds is 1. The Morgan fingerprint density at radius 3 is 2.47 bits per heavy atom. The second-order valence-electron chi connectivity index (χ2n) is 4.44. The molecule has 1 unspecified atom stereocenters. The monoisotopic (exact) mass is 216 g/mol. The van der Waals surface area contributed by atoms with Crippen molar-refractivity contribution in [3.63, 3.8) is 0 Å². The van der Waals surface area contributed by atoms with Gasteiger partial charge in [-0.3, -0.25) is 4.79 Å². The number of carbonyl (C=O) groups is 2. The van der Waals surface area contributed by atoms with Crippen molar-refractivity contribution in [3.8, 4) is 0 Å². The van der Waals surface area contributed by atoms with E-state index in [2.05, 4.69) is 5.43 Å². The van der Waals surface area contributed by atoms with E-state index in [1.54, 1.807) is 20.8 Å². The van der Waals surface area contributed by atoms with E-state index in [0.717, 1.165) is 5.01 Å². The summed E-state index contributed by atoms with van der Waals surface area (Å²) in [7, 11) is 0. The highest BCUT2D eigenvalue weighted by Gasteiger charge is 2.33. The van der Waals surface area contributed by atoms with Crippen LogP contribution in [0.25, 0.3) is 0 Å². The van der Waals surface area contributed by atoms with Crippen LogP contribution in [-0.4, -0.2) is 40.4 Å². The number of carbonyl (C=O) groups excluding carboxylic acids is 1. The number of nitrogens with one attached hydrogen (secondary N) is 1. The Hall–Kier alpha value is -1.30. The minimum absolute atomic E-state index is 0.305. The highest BCUT2D eigenvalue weighted by molar-refractivity contribution is 5.77. The first-order valence-electron chi connectivity index (χ1n) is 4.79. The quantitative estimate of drug-likeness (QED) is 0.627. The summed E-state index contributed by atoms with van der Waals surface area (Å²) < 4.78 is 5.13. The molecule has 1 atom stereocenters. The van der Waals surface area contributed by atoms with Crippen LogP contribution in [-0.2, 0) is 9.53 Å². The van der Waals surface area contributed by atoms with Crippen LogP contribution in [0.3, 0.4) is 0 Å². The molecule has 0 saturated carbocycles. The summed E-state index contributed by atoms with van der Waals surface area (Å²) in [5, 5.41) is 9.65. The molecule has 0 aromatic carbocycles. The molecule has 15 heavy (non-hydrogen) atoms. The van der Waals surface area contributed by atoms with Crippen molar-refractivity contribution in [3.05, 3.63) is 0 Å². The van der Waals surface area contributed by atoms with Gasteiger partial charge in [0, 0.05) is 6.54 Å². The number of hydrogen-bond donors (Lipinski definition) is 2. The molecule has 1 heterocycles. The van der Waals surface area contributed by atoms with Gasteiger partial charge in [-0.25, -0.2) is 15.2 Å². The maximum Gasteiger partial charge on any atom is 0.421 e. The summed E-state index contributed by atoms with van der Waals surface area (Å²) in [6, 6.07) is -0.555. The number of ether oxygens (including phenoxy) is 1. The van der Waals surface area contributed by atoms with Crippen molar-refractivity contribution in [2.45, 2.75) is 38.8 Å². The first kappa shape index (κ1) is 11.8. The van der Waals surface area contributed by atoms with Crippen molar-refractivity contribution in [2.75, 3.05) is 6.54 Å². The van der Waals surface area contributed by atoms with E-state index >= 15 is 0 Å². The molecule has 6 heteroatoms. The zero-order valence-corrected chi connectivity index (χ0v) is 9.11. The molecular formula is C9H16N2O4. The normalized spacial score (nSPS) is 21.5. The number of esters is 1. The van der Waals surface area contributed by atoms with E-state index in [1.165, 1.54) is 0 Å². The van der Waals surface area contributed by atoms with E-state index in [-0.39, 0.29) is 0 Å². The van der Waals surface area contributed by atoms with Crippen molar-refractivity contribution in [2.24, 2.45) is 0 Å². The maximum absolute atomic E-state index is 11.5. The average Bonchev–Trinajstić information content (AvgIpc) is 2.47. The third kappa shape index (κ3) is 3.39. The second kappa shape index (κ2) is 4.06. The van der Waals surface area contributed by atoms with Crippen molar-refractivity contribution in [1.29, 1.82) is 0 Å².